The Bertz CT molecular complexity index is 685. The van der Waals surface area contributed by atoms with E-state index in [1.807, 2.05) is 13.8 Å². The van der Waals surface area contributed by atoms with Gasteiger partial charge in [-0.15, -0.1) is 0 Å². The van der Waals surface area contributed by atoms with Crippen LogP contribution in [-0.2, 0) is 9.59 Å². The molecular formula is C20H26O3. The van der Waals surface area contributed by atoms with E-state index in [0.717, 1.165) is 19.3 Å². The van der Waals surface area contributed by atoms with Gasteiger partial charge in [-0.3, -0.25) is 9.59 Å². The Morgan fingerprint density at radius 2 is 1.78 bits per heavy atom. The SMILES string of the molecule is CC1(C)C(=O)C(O)=C[C@]2(C)[C@@H]1CC[C@]13C=C[C@](C)(C1)C(=O)C[C@@H]32. The smallest absolute Gasteiger partial charge is 0.202 e. The molecule has 4 aliphatic rings. The largest absolute Gasteiger partial charge is 0.505 e. The van der Waals surface area contributed by atoms with Gasteiger partial charge in [0.05, 0.1) is 0 Å². The van der Waals surface area contributed by atoms with Crippen LogP contribution in [0.4, 0.5) is 0 Å². The lowest BCUT2D eigenvalue weighted by Gasteiger charge is -2.61. The number of aliphatic hydroxyl groups is 1. The second kappa shape index (κ2) is 3.99. The third-order valence-electron chi connectivity index (χ3n) is 7.74. The normalized spacial score (nSPS) is 50.3. The van der Waals surface area contributed by atoms with Crippen molar-refractivity contribution in [3.8, 4) is 0 Å². The Morgan fingerprint density at radius 1 is 1.09 bits per heavy atom. The van der Waals surface area contributed by atoms with Gasteiger partial charge in [-0.2, -0.15) is 0 Å². The third kappa shape index (κ3) is 1.61. The first-order chi connectivity index (χ1) is 10.6. The molecule has 5 atom stereocenters. The predicted octanol–water partition coefficient (Wildman–Crippen LogP) is 4.00. The van der Waals surface area contributed by atoms with Crippen molar-refractivity contribution < 1.29 is 14.7 Å². The van der Waals surface area contributed by atoms with E-state index in [0.29, 0.717) is 12.2 Å². The Labute approximate surface area is 137 Å². The van der Waals surface area contributed by atoms with Gasteiger partial charge in [-0.05, 0) is 54.9 Å². The number of aliphatic hydroxyl groups excluding tert-OH is 1. The lowest BCUT2D eigenvalue weighted by Crippen LogP contribution is -2.59. The van der Waals surface area contributed by atoms with Crippen molar-refractivity contribution in [1.82, 2.24) is 0 Å². The number of allylic oxidation sites excluding steroid dienone is 4. The van der Waals surface area contributed by atoms with Crippen LogP contribution in [0, 0.1) is 33.5 Å². The van der Waals surface area contributed by atoms with Crippen LogP contribution in [0.2, 0.25) is 0 Å². The summed E-state index contributed by atoms with van der Waals surface area (Å²) in [6.45, 7) is 8.14. The fourth-order valence-electron chi connectivity index (χ4n) is 6.54. The summed E-state index contributed by atoms with van der Waals surface area (Å²) in [5.41, 5.74) is -1.11. The molecular weight excluding hydrogens is 288 g/mol. The molecule has 1 spiro atoms. The molecule has 0 amide bonds. The number of carbonyl (C=O) groups excluding carboxylic acids is 2. The molecule has 23 heavy (non-hydrogen) atoms. The highest BCUT2D eigenvalue weighted by molar-refractivity contribution is 5.99. The molecule has 2 fully saturated rings. The first-order valence-corrected chi connectivity index (χ1v) is 8.76. The number of fused-ring (bicyclic) bond motifs is 3. The monoisotopic (exact) mass is 314 g/mol. The first-order valence-electron chi connectivity index (χ1n) is 8.76. The van der Waals surface area contributed by atoms with Gasteiger partial charge in [0.15, 0.2) is 5.76 Å². The van der Waals surface area contributed by atoms with Crippen LogP contribution in [0.3, 0.4) is 0 Å². The number of hydrogen-bond donors (Lipinski definition) is 1. The van der Waals surface area contributed by atoms with Crippen molar-refractivity contribution in [3.05, 3.63) is 24.0 Å². The Kier molecular flexibility index (Phi) is 2.63. The third-order valence-corrected chi connectivity index (χ3v) is 7.74. The number of ketones is 2. The molecule has 4 aliphatic carbocycles. The van der Waals surface area contributed by atoms with E-state index >= 15 is 0 Å². The molecule has 0 heterocycles. The van der Waals surface area contributed by atoms with Crippen LogP contribution in [0.25, 0.3) is 0 Å². The highest BCUT2D eigenvalue weighted by Gasteiger charge is 2.66. The minimum atomic E-state index is -0.568. The molecule has 0 radical (unpaired) electrons. The van der Waals surface area contributed by atoms with E-state index in [1.54, 1.807) is 6.08 Å². The fraction of sp³-hybridized carbons (Fsp3) is 0.700. The van der Waals surface area contributed by atoms with Gasteiger partial charge >= 0.3 is 0 Å². The summed E-state index contributed by atoms with van der Waals surface area (Å²) in [7, 11) is 0. The van der Waals surface area contributed by atoms with Crippen molar-refractivity contribution in [2.24, 2.45) is 33.5 Å². The van der Waals surface area contributed by atoms with Gasteiger partial charge in [-0.1, -0.05) is 32.9 Å². The van der Waals surface area contributed by atoms with Crippen molar-refractivity contribution >= 4 is 11.6 Å². The van der Waals surface area contributed by atoms with Crippen LogP contribution < -0.4 is 0 Å². The lowest BCUT2D eigenvalue weighted by molar-refractivity contribution is -0.152. The molecule has 3 nitrogen and oxygen atoms in total. The number of carbonyl (C=O) groups is 2. The molecule has 1 N–H and O–H groups in total. The summed E-state index contributed by atoms with van der Waals surface area (Å²) in [6, 6.07) is 0. The molecule has 0 aliphatic heterocycles. The molecule has 0 aromatic rings. The zero-order valence-corrected chi connectivity index (χ0v) is 14.5. The van der Waals surface area contributed by atoms with Crippen LogP contribution in [-0.4, -0.2) is 16.7 Å². The van der Waals surface area contributed by atoms with Gasteiger partial charge in [0, 0.05) is 17.3 Å². The zero-order valence-electron chi connectivity index (χ0n) is 14.5. The van der Waals surface area contributed by atoms with Crippen molar-refractivity contribution in [2.75, 3.05) is 0 Å². The molecule has 0 saturated heterocycles. The van der Waals surface area contributed by atoms with Gasteiger partial charge in [-0.25, -0.2) is 0 Å². The highest BCUT2D eigenvalue weighted by atomic mass is 16.3. The zero-order chi connectivity index (χ0) is 16.8. The average Bonchev–Trinajstić information content (AvgIpc) is 2.75. The summed E-state index contributed by atoms with van der Waals surface area (Å²) in [5.74, 6) is 0.428. The standard InChI is InChI=1S/C20H26O3/c1-17(2)13-5-6-20-8-7-18(3,11-20)15(22)9-14(20)19(13,4)10-12(21)16(17)23/h7-8,10,13-14,21H,5-6,9,11H2,1-4H3/t13-,14-,18-,19-,20+/m1/s1. The van der Waals surface area contributed by atoms with E-state index < -0.39 is 5.41 Å². The molecule has 2 bridgehead atoms. The lowest BCUT2D eigenvalue weighted by atomic mass is 9.41. The predicted molar refractivity (Wildman–Crippen MR) is 87.7 cm³/mol. The van der Waals surface area contributed by atoms with Gasteiger partial charge < -0.3 is 5.11 Å². The van der Waals surface area contributed by atoms with E-state index in [1.165, 1.54) is 0 Å². The molecule has 124 valence electrons. The fourth-order valence-corrected chi connectivity index (χ4v) is 6.54. The maximum Gasteiger partial charge on any atom is 0.202 e. The van der Waals surface area contributed by atoms with Crippen LogP contribution in [0.1, 0.15) is 53.4 Å². The van der Waals surface area contributed by atoms with E-state index in [4.69, 9.17) is 0 Å². The van der Waals surface area contributed by atoms with E-state index in [-0.39, 0.29) is 39.6 Å². The molecule has 0 aromatic carbocycles. The van der Waals surface area contributed by atoms with Gasteiger partial charge in [0.25, 0.3) is 0 Å². The Morgan fingerprint density at radius 3 is 2.48 bits per heavy atom. The maximum absolute atomic E-state index is 12.7. The van der Waals surface area contributed by atoms with Crippen LogP contribution in [0.15, 0.2) is 24.0 Å². The highest BCUT2D eigenvalue weighted by Crippen LogP contribution is 2.69. The van der Waals surface area contributed by atoms with E-state index in [2.05, 4.69) is 26.0 Å². The van der Waals surface area contributed by atoms with Crippen molar-refractivity contribution in [2.45, 2.75) is 53.4 Å². The minimum Gasteiger partial charge on any atom is -0.505 e. The average molecular weight is 314 g/mol. The van der Waals surface area contributed by atoms with Crippen LogP contribution >= 0.6 is 0 Å². The molecule has 3 heteroatoms. The maximum atomic E-state index is 12.7. The minimum absolute atomic E-state index is 0.0567. The summed E-state index contributed by atoms with van der Waals surface area (Å²) in [4.78, 5) is 25.2. The van der Waals surface area contributed by atoms with Gasteiger partial charge in [0.1, 0.15) is 5.78 Å². The van der Waals surface area contributed by atoms with Crippen molar-refractivity contribution in [1.29, 1.82) is 0 Å². The second-order valence-electron chi connectivity index (χ2n) is 9.38. The number of rotatable bonds is 0. The molecule has 0 aromatic heterocycles. The quantitative estimate of drug-likeness (QED) is 0.688. The summed E-state index contributed by atoms with van der Waals surface area (Å²) >= 11 is 0. The molecule has 2 saturated carbocycles. The Hall–Kier alpha value is -1.38. The number of hydrogen-bond acceptors (Lipinski definition) is 3. The Balaban J connectivity index is 1.88. The molecule has 4 rings (SSSR count). The van der Waals surface area contributed by atoms with Crippen LogP contribution in [0.5, 0.6) is 0 Å². The summed E-state index contributed by atoms with van der Waals surface area (Å²) < 4.78 is 0. The van der Waals surface area contributed by atoms with Gasteiger partial charge in [0.2, 0.25) is 5.78 Å². The number of Topliss-reactive ketones (excluding diaryl/α,β-unsaturated/α-hetero) is 2. The summed E-state index contributed by atoms with van der Waals surface area (Å²) in [6.07, 6.45) is 9.69. The summed E-state index contributed by atoms with van der Waals surface area (Å²) in [5, 5.41) is 10.3. The second-order valence-corrected chi connectivity index (χ2v) is 9.38. The first kappa shape index (κ1) is 15.2. The topological polar surface area (TPSA) is 54.4 Å². The van der Waals surface area contributed by atoms with Crippen molar-refractivity contribution in [3.63, 3.8) is 0 Å². The van der Waals surface area contributed by atoms with E-state index in [9.17, 15) is 14.7 Å². The molecule has 0 unspecified atom stereocenters.